The number of carbonyl (C=O) groups is 1. The number of amides is 1. The molecule has 0 aliphatic carbocycles. The molecule has 0 aromatic carbocycles. The lowest BCUT2D eigenvalue weighted by atomic mass is 10.3. The van der Waals surface area contributed by atoms with E-state index < -0.39 is 0 Å². The second-order valence-corrected chi connectivity index (χ2v) is 4.45. The molecule has 3 nitrogen and oxygen atoms in total. The Bertz CT molecular complexity index is 370. The minimum absolute atomic E-state index is 0.142. The zero-order chi connectivity index (χ0) is 11.1. The fourth-order valence-electron chi connectivity index (χ4n) is 0.919. The molecule has 1 aromatic heterocycles. The third-order valence-electron chi connectivity index (χ3n) is 1.58. The number of hydrogen-bond acceptors (Lipinski definition) is 3. The van der Waals surface area contributed by atoms with Gasteiger partial charge in [0.1, 0.15) is 0 Å². The molecule has 1 rings (SSSR count). The Labute approximate surface area is 101 Å². The molecule has 0 saturated carbocycles. The third kappa shape index (κ3) is 4.02. The third-order valence-corrected chi connectivity index (χ3v) is 3.06. The molecular formula is C10H10BrNO2S. The number of halogens is 1. The normalized spacial score (nSPS) is 9.60. The fraction of sp³-hybridized carbons (Fsp3) is 0.300. The lowest BCUT2D eigenvalue weighted by Gasteiger charge is -2.02. The molecule has 0 bridgehead atoms. The summed E-state index contributed by atoms with van der Waals surface area (Å²) in [4.78, 5) is 11.5. The Morgan fingerprint density at radius 2 is 2.53 bits per heavy atom. The van der Waals surface area contributed by atoms with Gasteiger partial charge in [0.25, 0.3) is 5.91 Å². The number of hydrogen-bond donors (Lipinski definition) is 1. The van der Waals surface area contributed by atoms with Crippen molar-refractivity contribution >= 4 is 33.6 Å². The fourth-order valence-corrected chi connectivity index (χ4v) is 1.85. The van der Waals surface area contributed by atoms with E-state index in [4.69, 9.17) is 10.8 Å². The van der Waals surface area contributed by atoms with E-state index in [1.54, 1.807) is 17.8 Å². The van der Waals surface area contributed by atoms with Crippen LogP contribution in [0.25, 0.3) is 0 Å². The minimum Gasteiger partial charge on any atom is -0.457 e. The molecule has 80 valence electrons. The number of thioether (sulfide) groups is 1. The molecule has 1 amide bonds. The van der Waals surface area contributed by atoms with E-state index in [9.17, 15) is 4.79 Å². The van der Waals surface area contributed by atoms with Crippen LogP contribution in [-0.2, 0) is 0 Å². The van der Waals surface area contributed by atoms with Crippen LogP contribution in [0.2, 0.25) is 0 Å². The summed E-state index contributed by atoms with van der Waals surface area (Å²) in [7, 11) is 0. The van der Waals surface area contributed by atoms with Gasteiger partial charge < -0.3 is 9.73 Å². The first kappa shape index (κ1) is 12.2. The lowest BCUT2D eigenvalue weighted by molar-refractivity contribution is 0.0954. The summed E-state index contributed by atoms with van der Waals surface area (Å²) < 4.78 is 5.41. The number of furan rings is 1. The van der Waals surface area contributed by atoms with Crippen LogP contribution in [0, 0.1) is 12.3 Å². The summed E-state index contributed by atoms with van der Waals surface area (Å²) in [5, 5.41) is 2.77. The van der Waals surface area contributed by atoms with Gasteiger partial charge in [0, 0.05) is 12.3 Å². The quantitative estimate of drug-likeness (QED) is 0.666. The predicted molar refractivity (Wildman–Crippen MR) is 64.9 cm³/mol. The molecule has 1 N–H and O–H groups in total. The van der Waals surface area contributed by atoms with Crippen LogP contribution in [0.1, 0.15) is 10.4 Å². The monoisotopic (exact) mass is 287 g/mol. The summed E-state index contributed by atoms with van der Waals surface area (Å²) in [6.45, 7) is 0.600. The smallest absolute Gasteiger partial charge is 0.255 e. The van der Waals surface area contributed by atoms with Crippen molar-refractivity contribution in [1.29, 1.82) is 0 Å². The molecule has 5 heteroatoms. The van der Waals surface area contributed by atoms with Gasteiger partial charge in [-0.05, 0) is 22.0 Å². The molecule has 0 unspecified atom stereocenters. The zero-order valence-corrected chi connectivity index (χ0v) is 10.4. The molecule has 15 heavy (non-hydrogen) atoms. The van der Waals surface area contributed by atoms with Gasteiger partial charge in [-0.3, -0.25) is 4.79 Å². The lowest BCUT2D eigenvalue weighted by Crippen LogP contribution is -2.25. The molecule has 0 atom stereocenters. The van der Waals surface area contributed by atoms with Crippen LogP contribution in [-0.4, -0.2) is 24.0 Å². The summed E-state index contributed by atoms with van der Waals surface area (Å²) in [5.41, 5.74) is 0.511. The molecule has 0 fully saturated rings. The maximum Gasteiger partial charge on any atom is 0.255 e. The molecular weight excluding hydrogens is 278 g/mol. The Balaban J connectivity index is 2.26. The summed E-state index contributed by atoms with van der Waals surface area (Å²) in [6, 6.07) is 1.62. The Kier molecular flexibility index (Phi) is 5.37. The zero-order valence-electron chi connectivity index (χ0n) is 7.96. The largest absolute Gasteiger partial charge is 0.457 e. The van der Waals surface area contributed by atoms with Crippen molar-refractivity contribution in [2.24, 2.45) is 0 Å². The summed E-state index contributed by atoms with van der Waals surface area (Å²) in [5.74, 6) is 3.86. The number of terminal acetylenes is 1. The standard InChI is InChI=1S/C10H10BrNO2S/c1-2-6-15-7-4-12-10(13)8-3-5-14-9(8)11/h1,3,5H,4,6-7H2,(H,12,13). The second kappa shape index (κ2) is 6.59. The molecule has 0 saturated heterocycles. The van der Waals surface area contributed by atoms with E-state index >= 15 is 0 Å². The highest BCUT2D eigenvalue weighted by Crippen LogP contribution is 2.16. The van der Waals surface area contributed by atoms with Crippen LogP contribution in [0.15, 0.2) is 21.4 Å². The minimum atomic E-state index is -0.142. The molecule has 0 aliphatic heterocycles. The first-order chi connectivity index (χ1) is 7.25. The number of nitrogens with one attached hydrogen (secondary N) is 1. The van der Waals surface area contributed by atoms with Crippen LogP contribution in [0.4, 0.5) is 0 Å². The summed E-state index contributed by atoms with van der Waals surface area (Å²) >= 11 is 4.75. The van der Waals surface area contributed by atoms with Crippen molar-refractivity contribution in [3.8, 4) is 12.3 Å². The molecule has 0 radical (unpaired) electrons. The van der Waals surface area contributed by atoms with Crippen molar-refractivity contribution in [2.75, 3.05) is 18.1 Å². The van der Waals surface area contributed by atoms with E-state index in [1.165, 1.54) is 6.26 Å². The van der Waals surface area contributed by atoms with Gasteiger partial charge in [-0.2, -0.15) is 0 Å². The first-order valence-electron chi connectivity index (χ1n) is 4.28. The average molecular weight is 288 g/mol. The SMILES string of the molecule is C#CCSCCNC(=O)c1ccoc1Br. The summed E-state index contributed by atoms with van der Waals surface area (Å²) in [6.07, 6.45) is 6.56. The Morgan fingerprint density at radius 1 is 1.73 bits per heavy atom. The van der Waals surface area contributed by atoms with Gasteiger partial charge in [-0.25, -0.2) is 0 Å². The maximum atomic E-state index is 11.5. The van der Waals surface area contributed by atoms with Gasteiger partial charge in [0.15, 0.2) is 4.67 Å². The Hall–Kier alpha value is -0.860. The van der Waals surface area contributed by atoms with Gasteiger partial charge in [-0.15, -0.1) is 18.2 Å². The highest BCUT2D eigenvalue weighted by Gasteiger charge is 2.11. The van der Waals surface area contributed by atoms with Crippen LogP contribution in [0.5, 0.6) is 0 Å². The molecule has 0 aliphatic rings. The number of carbonyl (C=O) groups excluding carboxylic acids is 1. The van der Waals surface area contributed by atoms with Crippen LogP contribution < -0.4 is 5.32 Å². The van der Waals surface area contributed by atoms with E-state index in [0.717, 1.165) is 5.75 Å². The highest BCUT2D eigenvalue weighted by atomic mass is 79.9. The van der Waals surface area contributed by atoms with Gasteiger partial charge in [-0.1, -0.05) is 5.92 Å². The van der Waals surface area contributed by atoms with Crippen molar-refractivity contribution in [3.63, 3.8) is 0 Å². The van der Waals surface area contributed by atoms with Gasteiger partial charge in [0.2, 0.25) is 0 Å². The molecule has 1 aromatic rings. The first-order valence-corrected chi connectivity index (χ1v) is 6.23. The Morgan fingerprint density at radius 3 is 3.13 bits per heavy atom. The topological polar surface area (TPSA) is 42.2 Å². The highest BCUT2D eigenvalue weighted by molar-refractivity contribution is 9.10. The maximum absolute atomic E-state index is 11.5. The van der Waals surface area contributed by atoms with Crippen molar-refractivity contribution in [3.05, 3.63) is 22.6 Å². The average Bonchev–Trinajstić information content (AvgIpc) is 2.64. The van der Waals surface area contributed by atoms with E-state index in [0.29, 0.717) is 22.5 Å². The van der Waals surface area contributed by atoms with E-state index in [1.807, 2.05) is 0 Å². The van der Waals surface area contributed by atoms with Crippen LogP contribution in [0.3, 0.4) is 0 Å². The van der Waals surface area contributed by atoms with Gasteiger partial charge in [0.05, 0.1) is 17.6 Å². The second-order valence-electron chi connectivity index (χ2n) is 2.62. The predicted octanol–water partition coefficient (Wildman–Crippen LogP) is 2.14. The van der Waals surface area contributed by atoms with Crippen molar-refractivity contribution in [2.45, 2.75) is 0 Å². The van der Waals surface area contributed by atoms with E-state index in [-0.39, 0.29) is 5.91 Å². The number of rotatable bonds is 5. The van der Waals surface area contributed by atoms with Gasteiger partial charge >= 0.3 is 0 Å². The van der Waals surface area contributed by atoms with Crippen molar-refractivity contribution < 1.29 is 9.21 Å². The van der Waals surface area contributed by atoms with E-state index in [2.05, 4.69) is 27.2 Å². The van der Waals surface area contributed by atoms with Crippen LogP contribution >= 0.6 is 27.7 Å². The van der Waals surface area contributed by atoms with Crippen molar-refractivity contribution in [1.82, 2.24) is 5.32 Å². The molecule has 1 heterocycles. The molecule has 0 spiro atoms.